The smallest absolute Gasteiger partial charge is 0.213 e. The molecule has 0 saturated heterocycles. The molecule has 7 rings (SSSR count). The highest BCUT2D eigenvalue weighted by Crippen LogP contribution is 2.56. The highest BCUT2D eigenvalue weighted by Gasteiger charge is 2.50. The van der Waals surface area contributed by atoms with Crippen molar-refractivity contribution in [3.05, 3.63) is 53.2 Å². The maximum Gasteiger partial charge on any atom is 0.213 e. The van der Waals surface area contributed by atoms with Gasteiger partial charge < -0.3 is 15.4 Å². The van der Waals surface area contributed by atoms with Gasteiger partial charge in [0, 0.05) is 29.5 Å². The first-order chi connectivity index (χ1) is 16.1. The fourth-order valence-electron chi connectivity index (χ4n) is 7.92. The molecule has 4 saturated carbocycles. The van der Waals surface area contributed by atoms with Crippen LogP contribution in [0.5, 0.6) is 5.88 Å². The molecule has 4 aliphatic carbocycles. The summed E-state index contributed by atoms with van der Waals surface area (Å²) in [5.74, 6) is 3.63. The molecule has 5 aliphatic rings. The summed E-state index contributed by atoms with van der Waals surface area (Å²) in [6, 6.07) is 12.1. The number of ether oxygens (including phenoxy) is 1. The molecule has 2 aromatic rings. The molecule has 1 aromatic heterocycles. The minimum absolute atomic E-state index is 0.197. The summed E-state index contributed by atoms with van der Waals surface area (Å²) in [6.45, 7) is 2.27. The van der Waals surface area contributed by atoms with Crippen molar-refractivity contribution in [2.24, 2.45) is 17.8 Å². The van der Waals surface area contributed by atoms with Crippen LogP contribution in [-0.2, 0) is 6.42 Å². The fourth-order valence-corrected chi connectivity index (χ4v) is 7.92. The fraction of sp³-hybridized carbons (Fsp3) is 0.621. The lowest BCUT2D eigenvalue weighted by atomic mass is 9.53. The number of rotatable bonds is 7. The van der Waals surface area contributed by atoms with Gasteiger partial charge in [-0.25, -0.2) is 4.98 Å². The average molecular weight is 446 g/mol. The summed E-state index contributed by atoms with van der Waals surface area (Å²) >= 11 is 0. The van der Waals surface area contributed by atoms with E-state index in [-0.39, 0.29) is 6.04 Å². The van der Waals surface area contributed by atoms with Gasteiger partial charge >= 0.3 is 0 Å². The lowest BCUT2D eigenvalue weighted by molar-refractivity contribution is 0.0107. The Morgan fingerprint density at radius 3 is 2.39 bits per heavy atom. The van der Waals surface area contributed by atoms with Crippen LogP contribution >= 0.6 is 0 Å². The van der Waals surface area contributed by atoms with Crippen LogP contribution in [0.4, 0.5) is 5.69 Å². The summed E-state index contributed by atoms with van der Waals surface area (Å²) in [4.78, 5) is 4.54. The topological polar surface area (TPSA) is 46.2 Å². The maximum atomic E-state index is 5.43. The van der Waals surface area contributed by atoms with Crippen molar-refractivity contribution < 1.29 is 4.74 Å². The molecular weight excluding hydrogens is 406 g/mol. The Hall–Kier alpha value is -2.07. The van der Waals surface area contributed by atoms with Crippen molar-refractivity contribution in [2.45, 2.75) is 88.8 Å². The molecule has 4 bridgehead atoms. The molecule has 4 nitrogen and oxygen atoms in total. The van der Waals surface area contributed by atoms with Crippen LogP contribution in [0.15, 0.2) is 36.5 Å². The van der Waals surface area contributed by atoms with Gasteiger partial charge in [-0.15, -0.1) is 0 Å². The number of anilines is 1. The Kier molecular flexibility index (Phi) is 5.60. The van der Waals surface area contributed by atoms with Gasteiger partial charge in [0.1, 0.15) is 0 Å². The number of unbranched alkanes of at least 4 members (excludes halogenated alkanes) is 1. The Labute approximate surface area is 198 Å². The Morgan fingerprint density at radius 1 is 1.06 bits per heavy atom. The van der Waals surface area contributed by atoms with Crippen LogP contribution in [-0.4, -0.2) is 23.7 Å². The molecule has 1 aliphatic heterocycles. The summed E-state index contributed by atoms with van der Waals surface area (Å²) < 4.78 is 5.43. The number of nitrogens with zero attached hydrogens (tertiary/aromatic N) is 1. The van der Waals surface area contributed by atoms with Crippen LogP contribution < -0.4 is 15.4 Å². The zero-order valence-electron chi connectivity index (χ0n) is 20.3. The van der Waals surface area contributed by atoms with Gasteiger partial charge in [0.05, 0.1) is 13.2 Å². The molecular formula is C29H39N3O. The Balaban J connectivity index is 1.23. The van der Waals surface area contributed by atoms with Gasteiger partial charge in [-0.1, -0.05) is 31.9 Å². The second kappa shape index (κ2) is 8.61. The third kappa shape index (κ3) is 4.16. The van der Waals surface area contributed by atoms with Gasteiger partial charge in [0.2, 0.25) is 5.88 Å². The number of methoxy groups -OCH3 is 1. The summed E-state index contributed by atoms with van der Waals surface area (Å²) in [7, 11) is 1.71. The summed E-state index contributed by atoms with van der Waals surface area (Å²) in [5.41, 5.74) is 5.66. The number of pyridine rings is 1. The van der Waals surface area contributed by atoms with Gasteiger partial charge in [-0.2, -0.15) is 0 Å². The highest BCUT2D eigenvalue weighted by atomic mass is 16.5. The van der Waals surface area contributed by atoms with Crippen LogP contribution in [0.2, 0.25) is 0 Å². The van der Waals surface area contributed by atoms with E-state index < -0.39 is 0 Å². The van der Waals surface area contributed by atoms with Gasteiger partial charge in [0.15, 0.2) is 0 Å². The van der Waals surface area contributed by atoms with E-state index >= 15 is 0 Å². The standard InChI is InChI=1S/C29H39N3O/c1-3-4-5-25-13-23-14-27(33-2)30-18-26(23)28(31-25)22-6-8-24(9-7-22)32-29-15-19-10-20(16-29)12-21(11-19)17-29/h6-9,14,18-21,25,28,31-32H,3-5,10-13,15-17H2,1-2H3/t19?,20?,21?,25-,28-,29?/m0/s1. The van der Waals surface area contributed by atoms with Gasteiger partial charge in [0.25, 0.3) is 0 Å². The van der Waals surface area contributed by atoms with E-state index in [1.807, 2.05) is 6.20 Å². The van der Waals surface area contributed by atoms with E-state index in [0.717, 1.165) is 30.1 Å². The number of aromatic nitrogens is 1. The van der Waals surface area contributed by atoms with Crippen molar-refractivity contribution in [3.8, 4) is 5.88 Å². The van der Waals surface area contributed by atoms with Crippen molar-refractivity contribution >= 4 is 5.69 Å². The molecule has 4 fully saturated rings. The van der Waals surface area contributed by atoms with Crippen molar-refractivity contribution in [1.29, 1.82) is 0 Å². The third-order valence-corrected chi connectivity index (χ3v) is 8.99. The van der Waals surface area contributed by atoms with E-state index in [2.05, 4.69) is 52.9 Å². The molecule has 1 aromatic carbocycles. The monoisotopic (exact) mass is 445 g/mol. The largest absolute Gasteiger partial charge is 0.481 e. The van der Waals surface area contributed by atoms with Crippen molar-refractivity contribution in [3.63, 3.8) is 0 Å². The average Bonchev–Trinajstić information content (AvgIpc) is 2.81. The molecule has 2 N–H and O–H groups in total. The first-order valence-corrected chi connectivity index (χ1v) is 13.3. The molecule has 0 radical (unpaired) electrons. The van der Waals surface area contributed by atoms with Crippen LogP contribution in [0, 0.1) is 17.8 Å². The minimum Gasteiger partial charge on any atom is -0.481 e. The number of hydrogen-bond acceptors (Lipinski definition) is 4. The highest BCUT2D eigenvalue weighted by molar-refractivity contribution is 5.50. The third-order valence-electron chi connectivity index (χ3n) is 8.99. The van der Waals surface area contributed by atoms with E-state index in [4.69, 9.17) is 4.74 Å². The molecule has 0 spiro atoms. The Morgan fingerprint density at radius 2 is 1.76 bits per heavy atom. The quantitative estimate of drug-likeness (QED) is 0.528. The van der Waals surface area contributed by atoms with Crippen molar-refractivity contribution in [1.82, 2.24) is 10.3 Å². The molecule has 176 valence electrons. The lowest BCUT2D eigenvalue weighted by Gasteiger charge is -2.57. The van der Waals surface area contributed by atoms with E-state index in [9.17, 15) is 0 Å². The lowest BCUT2D eigenvalue weighted by Crippen LogP contribution is -2.54. The number of nitrogens with one attached hydrogen (secondary N) is 2. The normalized spacial score (nSPS) is 34.2. The first kappa shape index (κ1) is 21.5. The van der Waals surface area contributed by atoms with Crippen LogP contribution in [0.3, 0.4) is 0 Å². The van der Waals surface area contributed by atoms with Gasteiger partial charge in [-0.05, 0) is 97.9 Å². The number of fused-ring (bicyclic) bond motifs is 1. The van der Waals surface area contributed by atoms with Crippen molar-refractivity contribution in [2.75, 3.05) is 12.4 Å². The van der Waals surface area contributed by atoms with E-state index in [1.165, 1.54) is 80.2 Å². The summed E-state index contributed by atoms with van der Waals surface area (Å²) in [6.07, 6.45) is 15.4. The molecule has 2 heterocycles. The minimum atomic E-state index is 0.197. The van der Waals surface area contributed by atoms with E-state index in [0.29, 0.717) is 11.6 Å². The predicted octanol–water partition coefficient (Wildman–Crippen LogP) is 6.26. The van der Waals surface area contributed by atoms with Gasteiger partial charge in [-0.3, -0.25) is 0 Å². The number of benzene rings is 1. The molecule has 2 atom stereocenters. The first-order valence-electron chi connectivity index (χ1n) is 13.3. The second-order valence-corrected chi connectivity index (χ2v) is 11.5. The molecule has 4 heteroatoms. The van der Waals surface area contributed by atoms with Crippen LogP contribution in [0.1, 0.15) is 87.4 Å². The second-order valence-electron chi connectivity index (χ2n) is 11.5. The Bertz CT molecular complexity index is 950. The zero-order chi connectivity index (χ0) is 22.4. The molecule has 33 heavy (non-hydrogen) atoms. The predicted molar refractivity (Wildman–Crippen MR) is 134 cm³/mol. The molecule has 0 amide bonds. The van der Waals surface area contributed by atoms with E-state index in [1.54, 1.807) is 7.11 Å². The maximum absolute atomic E-state index is 5.43. The SMILES string of the molecule is CCCC[C@H]1Cc2cc(OC)ncc2[C@H](c2ccc(NC34CC5CC(CC(C5)C3)C4)cc2)N1. The zero-order valence-corrected chi connectivity index (χ0v) is 20.3. The number of hydrogen-bond donors (Lipinski definition) is 2. The summed E-state index contributed by atoms with van der Waals surface area (Å²) in [5, 5.41) is 7.98. The molecule has 0 unspecified atom stereocenters. The van der Waals surface area contributed by atoms with Crippen LogP contribution in [0.25, 0.3) is 0 Å².